The Labute approximate surface area is 102 Å². The quantitative estimate of drug-likeness (QED) is 0.495. The molecule has 7 nitrogen and oxygen atoms in total. The third-order valence-corrected chi connectivity index (χ3v) is 4.71. The summed E-state index contributed by atoms with van der Waals surface area (Å²) in [6, 6.07) is 0. The van der Waals surface area contributed by atoms with Crippen molar-refractivity contribution in [2.45, 2.75) is 6.92 Å². The molecule has 100 valence electrons. The molecule has 0 aliphatic carbocycles. The lowest BCUT2D eigenvalue weighted by atomic mass is 10.2. The summed E-state index contributed by atoms with van der Waals surface area (Å²) in [6.07, 6.45) is 0. The molecule has 1 heterocycles. The number of nitrogens with one attached hydrogen (secondary N) is 1. The highest BCUT2D eigenvalue weighted by atomic mass is 32.2. The van der Waals surface area contributed by atoms with E-state index in [1.807, 2.05) is 0 Å². The van der Waals surface area contributed by atoms with E-state index in [4.69, 9.17) is 15.9 Å². The molecule has 1 aliphatic rings. The van der Waals surface area contributed by atoms with E-state index in [0.717, 1.165) is 0 Å². The van der Waals surface area contributed by atoms with Gasteiger partial charge in [0, 0.05) is 32.6 Å². The summed E-state index contributed by atoms with van der Waals surface area (Å²) in [7, 11) is -1.95. The Morgan fingerprint density at radius 3 is 2.53 bits per heavy atom. The fraction of sp³-hybridized carbons (Fsp3) is 0.889. The lowest BCUT2D eigenvalue weighted by Gasteiger charge is -2.31. The van der Waals surface area contributed by atoms with E-state index in [-0.39, 0.29) is 18.3 Å². The molecule has 1 fully saturated rings. The van der Waals surface area contributed by atoms with Gasteiger partial charge in [-0.15, -0.1) is 0 Å². The van der Waals surface area contributed by atoms with Crippen molar-refractivity contribution >= 4 is 16.0 Å². The molecule has 0 aromatic carbocycles. The van der Waals surface area contributed by atoms with E-state index in [1.54, 1.807) is 6.92 Å². The zero-order chi connectivity index (χ0) is 13.1. The summed E-state index contributed by atoms with van der Waals surface area (Å²) in [5.41, 5.74) is 5.33. The molecule has 1 aliphatic heterocycles. The summed E-state index contributed by atoms with van der Waals surface area (Å²) < 4.78 is 32.0. The number of nitrogens with zero attached hydrogens (tertiary/aromatic N) is 2. The van der Waals surface area contributed by atoms with Crippen LogP contribution in [-0.4, -0.2) is 62.8 Å². The molecule has 1 unspecified atom stereocenters. The number of amidine groups is 1. The molecule has 0 spiro atoms. The largest absolute Gasteiger partial charge is 0.387 e. The van der Waals surface area contributed by atoms with E-state index in [1.165, 1.54) is 15.7 Å². The zero-order valence-electron chi connectivity index (χ0n) is 10.2. The standard InChI is InChI=1S/C9H20N4O3S/c1-8(9(10)11)7-12(2)17(14,15)13-3-5-16-6-4-13/h8H,3-7H2,1-2H3,(H3,10,11). The predicted octanol–water partition coefficient (Wildman–Crippen LogP) is -0.933. The van der Waals surface area contributed by atoms with Crippen LogP contribution in [0, 0.1) is 11.3 Å². The minimum Gasteiger partial charge on any atom is -0.387 e. The first-order valence-corrected chi connectivity index (χ1v) is 6.88. The van der Waals surface area contributed by atoms with Crippen molar-refractivity contribution in [1.29, 1.82) is 5.41 Å². The summed E-state index contributed by atoms with van der Waals surface area (Å²) in [5.74, 6) is -0.287. The van der Waals surface area contributed by atoms with Crippen LogP contribution in [0.3, 0.4) is 0 Å². The van der Waals surface area contributed by atoms with E-state index >= 15 is 0 Å². The van der Waals surface area contributed by atoms with Crippen LogP contribution in [0.25, 0.3) is 0 Å². The molecule has 0 radical (unpaired) electrons. The van der Waals surface area contributed by atoms with Gasteiger partial charge in [-0.05, 0) is 0 Å². The van der Waals surface area contributed by atoms with E-state index in [2.05, 4.69) is 0 Å². The molecule has 1 saturated heterocycles. The van der Waals surface area contributed by atoms with Crippen LogP contribution in [-0.2, 0) is 14.9 Å². The Balaban J connectivity index is 2.65. The molecule has 0 aromatic heterocycles. The van der Waals surface area contributed by atoms with Crippen molar-refractivity contribution in [3.63, 3.8) is 0 Å². The third-order valence-electron chi connectivity index (χ3n) is 2.75. The highest BCUT2D eigenvalue weighted by Crippen LogP contribution is 2.11. The number of nitrogens with two attached hydrogens (primary N) is 1. The Kier molecular flexibility index (Phi) is 4.87. The molecule has 8 heteroatoms. The number of hydrogen-bond donors (Lipinski definition) is 2. The second-order valence-electron chi connectivity index (χ2n) is 4.16. The smallest absolute Gasteiger partial charge is 0.281 e. The van der Waals surface area contributed by atoms with Gasteiger partial charge >= 0.3 is 0 Å². The van der Waals surface area contributed by atoms with Gasteiger partial charge in [0.1, 0.15) is 0 Å². The van der Waals surface area contributed by atoms with E-state index in [0.29, 0.717) is 26.3 Å². The molecular formula is C9H20N4O3S. The maximum Gasteiger partial charge on any atom is 0.281 e. The van der Waals surface area contributed by atoms with Crippen LogP contribution in [0.15, 0.2) is 0 Å². The summed E-state index contributed by atoms with van der Waals surface area (Å²) >= 11 is 0. The number of hydrogen-bond acceptors (Lipinski definition) is 4. The number of morpholine rings is 1. The average molecular weight is 264 g/mol. The lowest BCUT2D eigenvalue weighted by Crippen LogP contribution is -2.48. The predicted molar refractivity (Wildman–Crippen MR) is 65.0 cm³/mol. The van der Waals surface area contributed by atoms with Crippen LogP contribution < -0.4 is 5.73 Å². The van der Waals surface area contributed by atoms with Crippen LogP contribution in [0.1, 0.15) is 6.92 Å². The van der Waals surface area contributed by atoms with Gasteiger partial charge in [0.15, 0.2) is 0 Å². The van der Waals surface area contributed by atoms with Gasteiger partial charge in [0.25, 0.3) is 10.2 Å². The van der Waals surface area contributed by atoms with Crippen molar-refractivity contribution < 1.29 is 13.2 Å². The van der Waals surface area contributed by atoms with Gasteiger partial charge in [-0.2, -0.15) is 17.0 Å². The van der Waals surface area contributed by atoms with Crippen LogP contribution in [0.5, 0.6) is 0 Å². The van der Waals surface area contributed by atoms with Gasteiger partial charge in [-0.1, -0.05) is 6.92 Å². The maximum atomic E-state index is 12.1. The number of rotatable bonds is 5. The second kappa shape index (κ2) is 5.76. The Hall–Kier alpha value is -0.700. The number of ether oxygens (including phenoxy) is 1. The summed E-state index contributed by atoms with van der Waals surface area (Å²) in [5, 5.41) is 7.27. The topological polar surface area (TPSA) is 99.7 Å². The van der Waals surface area contributed by atoms with E-state index in [9.17, 15) is 8.42 Å². The van der Waals surface area contributed by atoms with Gasteiger partial charge in [0.05, 0.1) is 19.0 Å². The third kappa shape index (κ3) is 3.63. The molecule has 0 bridgehead atoms. The Morgan fingerprint density at radius 1 is 1.53 bits per heavy atom. The SMILES string of the molecule is CC(CN(C)S(=O)(=O)N1CCOCC1)C(=N)N. The molecule has 0 aromatic rings. The monoisotopic (exact) mass is 264 g/mol. The molecule has 1 rings (SSSR count). The van der Waals surface area contributed by atoms with Gasteiger partial charge in [0.2, 0.25) is 0 Å². The highest BCUT2D eigenvalue weighted by molar-refractivity contribution is 7.86. The van der Waals surface area contributed by atoms with Crippen LogP contribution >= 0.6 is 0 Å². The van der Waals surface area contributed by atoms with Gasteiger partial charge in [-0.25, -0.2) is 0 Å². The average Bonchev–Trinajstić information content (AvgIpc) is 2.29. The minimum atomic E-state index is -3.46. The molecule has 3 N–H and O–H groups in total. The molecular weight excluding hydrogens is 244 g/mol. The summed E-state index contributed by atoms with van der Waals surface area (Å²) in [6.45, 7) is 3.55. The second-order valence-corrected chi connectivity index (χ2v) is 6.19. The lowest BCUT2D eigenvalue weighted by molar-refractivity contribution is 0.0705. The zero-order valence-corrected chi connectivity index (χ0v) is 11.0. The van der Waals surface area contributed by atoms with Crippen molar-refractivity contribution in [3.8, 4) is 0 Å². The Bertz CT molecular complexity index is 364. The molecule has 0 saturated carbocycles. The van der Waals surface area contributed by atoms with Crippen molar-refractivity contribution in [2.75, 3.05) is 39.9 Å². The highest BCUT2D eigenvalue weighted by Gasteiger charge is 2.29. The first kappa shape index (κ1) is 14.4. The Morgan fingerprint density at radius 2 is 2.06 bits per heavy atom. The van der Waals surface area contributed by atoms with Crippen molar-refractivity contribution in [1.82, 2.24) is 8.61 Å². The van der Waals surface area contributed by atoms with Crippen molar-refractivity contribution in [3.05, 3.63) is 0 Å². The van der Waals surface area contributed by atoms with Gasteiger partial charge in [-0.3, -0.25) is 5.41 Å². The fourth-order valence-corrected chi connectivity index (χ4v) is 2.97. The van der Waals surface area contributed by atoms with Crippen LogP contribution in [0.2, 0.25) is 0 Å². The molecule has 17 heavy (non-hydrogen) atoms. The first-order chi connectivity index (χ1) is 7.85. The first-order valence-electron chi connectivity index (χ1n) is 5.48. The fourth-order valence-electron chi connectivity index (χ4n) is 1.55. The maximum absolute atomic E-state index is 12.1. The summed E-state index contributed by atoms with van der Waals surface area (Å²) in [4.78, 5) is 0. The van der Waals surface area contributed by atoms with E-state index < -0.39 is 10.2 Å². The minimum absolute atomic E-state index is 0.00553. The normalized spacial score (nSPS) is 20.4. The van der Waals surface area contributed by atoms with Crippen molar-refractivity contribution in [2.24, 2.45) is 11.7 Å². The molecule has 1 atom stereocenters. The molecule has 0 amide bonds. The van der Waals surface area contributed by atoms with Crippen LogP contribution in [0.4, 0.5) is 0 Å². The van der Waals surface area contributed by atoms with Gasteiger partial charge < -0.3 is 10.5 Å².